The Morgan fingerprint density at radius 1 is 1.80 bits per heavy atom. The zero-order valence-electron chi connectivity index (χ0n) is 5.93. The molecule has 0 amide bonds. The van der Waals surface area contributed by atoms with Crippen molar-refractivity contribution in [3.8, 4) is 0 Å². The predicted octanol–water partition coefficient (Wildman–Crippen LogP) is 0.964. The zero-order valence-corrected chi connectivity index (χ0v) is 7.52. The average Bonchev–Trinajstić information content (AvgIpc) is 1.84. The molecule has 0 spiro atoms. The molecule has 0 aliphatic rings. The molecule has 3 nitrogen and oxygen atoms in total. The van der Waals surface area contributed by atoms with Crippen LogP contribution >= 0.6 is 15.9 Å². The normalized spacial score (nSPS) is 16.3. The van der Waals surface area contributed by atoms with Crippen LogP contribution < -0.4 is 5.73 Å². The minimum Gasteiger partial charge on any atom is -0.480 e. The summed E-state index contributed by atoms with van der Waals surface area (Å²) in [7, 11) is 0. The maximum atomic E-state index is 10.4. The van der Waals surface area contributed by atoms with E-state index in [0.717, 1.165) is 6.42 Å². The number of hydrogen-bond donors (Lipinski definition) is 2. The molecule has 60 valence electrons. The Kier molecular flexibility index (Phi) is 3.89. The molecule has 0 heterocycles. The van der Waals surface area contributed by atoms with Crippen LogP contribution in [0.2, 0.25) is 0 Å². The van der Waals surface area contributed by atoms with Gasteiger partial charge in [0.2, 0.25) is 0 Å². The van der Waals surface area contributed by atoms with E-state index in [1.165, 1.54) is 0 Å². The summed E-state index contributed by atoms with van der Waals surface area (Å²) in [6.07, 6.45) is 1.30. The Labute approximate surface area is 68.7 Å². The van der Waals surface area contributed by atoms with Gasteiger partial charge in [0.1, 0.15) is 4.32 Å². The lowest BCUT2D eigenvalue weighted by Crippen LogP contribution is -2.28. The van der Waals surface area contributed by atoms with Crippen LogP contribution in [-0.4, -0.2) is 21.9 Å². The molecular weight excluding hydrogens is 198 g/mol. The molecule has 0 fully saturated rings. The van der Waals surface area contributed by atoms with E-state index in [4.69, 9.17) is 10.8 Å². The van der Waals surface area contributed by atoms with Crippen LogP contribution in [-0.2, 0) is 4.79 Å². The van der Waals surface area contributed by atoms with Crippen LogP contribution in [0.4, 0.5) is 0 Å². The third-order valence-electron chi connectivity index (χ3n) is 1.30. The van der Waals surface area contributed by atoms with E-state index in [9.17, 15) is 4.79 Å². The fourth-order valence-corrected chi connectivity index (χ4v) is 0.821. The van der Waals surface area contributed by atoms with E-state index < -0.39 is 10.3 Å². The van der Waals surface area contributed by atoms with Gasteiger partial charge in [-0.05, 0) is 26.3 Å². The molecule has 0 aliphatic carbocycles. The second-order valence-corrected chi connectivity index (χ2v) is 4.15. The smallest absolute Gasteiger partial charge is 0.320 e. The Morgan fingerprint density at radius 2 is 2.30 bits per heavy atom. The third-order valence-corrected chi connectivity index (χ3v) is 2.03. The largest absolute Gasteiger partial charge is 0.480 e. The zero-order chi connectivity index (χ0) is 8.20. The number of carboxylic acid groups (broad SMARTS) is 1. The molecule has 0 saturated carbocycles. The van der Waals surface area contributed by atoms with Crippen LogP contribution in [0.1, 0.15) is 19.8 Å². The number of rotatable bonds is 4. The Bertz CT molecular complexity index is 125. The van der Waals surface area contributed by atoms with Gasteiger partial charge in [0.25, 0.3) is 0 Å². The highest BCUT2D eigenvalue weighted by atomic mass is 79.9. The lowest BCUT2D eigenvalue weighted by atomic mass is 10.1. The highest BCUT2D eigenvalue weighted by Crippen LogP contribution is 2.22. The van der Waals surface area contributed by atoms with Crippen molar-refractivity contribution in [2.75, 3.05) is 6.54 Å². The molecule has 0 aromatic carbocycles. The van der Waals surface area contributed by atoms with E-state index in [2.05, 4.69) is 15.9 Å². The molecule has 0 aromatic heterocycles. The summed E-state index contributed by atoms with van der Waals surface area (Å²) in [5.74, 6) is -0.832. The molecule has 3 N–H and O–H groups in total. The van der Waals surface area contributed by atoms with Crippen molar-refractivity contribution in [1.29, 1.82) is 0 Å². The molecule has 4 heteroatoms. The first-order valence-electron chi connectivity index (χ1n) is 3.13. The summed E-state index contributed by atoms with van der Waals surface area (Å²) in [5.41, 5.74) is 5.22. The maximum Gasteiger partial charge on any atom is 0.320 e. The first kappa shape index (κ1) is 9.91. The number of carboxylic acids is 1. The summed E-state index contributed by atoms with van der Waals surface area (Å²) in [5, 5.41) is 8.58. The molecule has 0 aromatic rings. The summed E-state index contributed by atoms with van der Waals surface area (Å²) >= 11 is 3.09. The van der Waals surface area contributed by atoms with Crippen molar-refractivity contribution in [2.24, 2.45) is 5.73 Å². The van der Waals surface area contributed by atoms with Crippen LogP contribution in [0, 0.1) is 0 Å². The minimum atomic E-state index is -0.832. The molecule has 0 bridgehead atoms. The van der Waals surface area contributed by atoms with E-state index >= 15 is 0 Å². The van der Waals surface area contributed by atoms with Crippen molar-refractivity contribution in [3.63, 3.8) is 0 Å². The van der Waals surface area contributed by atoms with Crippen LogP contribution in [0.5, 0.6) is 0 Å². The number of aliphatic carboxylic acids is 1. The van der Waals surface area contributed by atoms with Gasteiger partial charge in [0.15, 0.2) is 0 Å². The van der Waals surface area contributed by atoms with Gasteiger partial charge < -0.3 is 10.8 Å². The van der Waals surface area contributed by atoms with Crippen LogP contribution in [0.3, 0.4) is 0 Å². The maximum absolute atomic E-state index is 10.4. The van der Waals surface area contributed by atoms with Gasteiger partial charge in [-0.15, -0.1) is 0 Å². The fraction of sp³-hybridized carbons (Fsp3) is 0.833. The van der Waals surface area contributed by atoms with E-state index in [1.54, 1.807) is 6.92 Å². The summed E-state index contributed by atoms with van der Waals surface area (Å²) < 4.78 is -0.799. The minimum absolute atomic E-state index is 0.536. The van der Waals surface area contributed by atoms with E-state index in [-0.39, 0.29) is 0 Å². The summed E-state index contributed by atoms with van der Waals surface area (Å²) in [6, 6.07) is 0. The van der Waals surface area contributed by atoms with Crippen molar-refractivity contribution < 1.29 is 9.90 Å². The van der Waals surface area contributed by atoms with Gasteiger partial charge >= 0.3 is 5.97 Å². The molecule has 10 heavy (non-hydrogen) atoms. The molecule has 1 atom stereocenters. The predicted molar refractivity (Wildman–Crippen MR) is 43.3 cm³/mol. The van der Waals surface area contributed by atoms with Gasteiger partial charge in [0.05, 0.1) is 0 Å². The lowest BCUT2D eigenvalue weighted by molar-refractivity contribution is -0.139. The SMILES string of the molecule is CC(Br)(CCCN)C(=O)O. The Morgan fingerprint density at radius 3 is 2.60 bits per heavy atom. The van der Waals surface area contributed by atoms with Gasteiger partial charge in [-0.25, -0.2) is 0 Å². The summed E-state index contributed by atoms with van der Waals surface area (Å²) in [6.45, 7) is 2.17. The second kappa shape index (κ2) is 3.93. The second-order valence-electron chi connectivity index (χ2n) is 2.39. The number of alkyl halides is 1. The number of halogens is 1. The Balaban J connectivity index is 3.75. The standard InChI is InChI=1S/C6H12BrNO2/c1-6(7,5(9)10)3-2-4-8/h2-4,8H2,1H3,(H,9,10). The van der Waals surface area contributed by atoms with Gasteiger partial charge in [-0.1, -0.05) is 15.9 Å². The topological polar surface area (TPSA) is 63.3 Å². The first-order chi connectivity index (χ1) is 4.50. The average molecular weight is 210 g/mol. The van der Waals surface area contributed by atoms with Crippen LogP contribution in [0.25, 0.3) is 0 Å². The first-order valence-corrected chi connectivity index (χ1v) is 3.92. The molecule has 1 unspecified atom stereocenters. The van der Waals surface area contributed by atoms with Crippen LogP contribution in [0.15, 0.2) is 0 Å². The van der Waals surface area contributed by atoms with Crippen molar-refractivity contribution in [2.45, 2.75) is 24.1 Å². The highest BCUT2D eigenvalue weighted by molar-refractivity contribution is 9.10. The van der Waals surface area contributed by atoms with Gasteiger partial charge in [0, 0.05) is 0 Å². The fourth-order valence-electron chi connectivity index (χ4n) is 0.541. The van der Waals surface area contributed by atoms with Crippen molar-refractivity contribution in [1.82, 2.24) is 0 Å². The third kappa shape index (κ3) is 3.17. The highest BCUT2D eigenvalue weighted by Gasteiger charge is 2.28. The molecule has 0 radical (unpaired) electrons. The van der Waals surface area contributed by atoms with Gasteiger partial charge in [-0.2, -0.15) is 0 Å². The molecule has 0 aliphatic heterocycles. The van der Waals surface area contributed by atoms with Crippen molar-refractivity contribution >= 4 is 21.9 Å². The quantitative estimate of drug-likeness (QED) is 0.679. The molecule has 0 rings (SSSR count). The van der Waals surface area contributed by atoms with E-state index in [1.807, 2.05) is 0 Å². The van der Waals surface area contributed by atoms with Crippen molar-refractivity contribution in [3.05, 3.63) is 0 Å². The number of carbonyl (C=O) groups is 1. The Hall–Kier alpha value is -0.0900. The molecule has 0 saturated heterocycles. The number of nitrogens with two attached hydrogens (primary N) is 1. The van der Waals surface area contributed by atoms with Gasteiger partial charge in [-0.3, -0.25) is 4.79 Å². The number of hydrogen-bond acceptors (Lipinski definition) is 2. The monoisotopic (exact) mass is 209 g/mol. The van der Waals surface area contributed by atoms with E-state index in [0.29, 0.717) is 13.0 Å². The molecular formula is C6H12BrNO2. The lowest BCUT2D eigenvalue weighted by Gasteiger charge is -2.15. The summed E-state index contributed by atoms with van der Waals surface area (Å²) in [4.78, 5) is 10.4.